The normalized spacial score (nSPS) is 11.9. The second-order valence-electron chi connectivity index (χ2n) is 4.43. The summed E-state index contributed by atoms with van der Waals surface area (Å²) in [7, 11) is 0. The molecule has 0 amide bonds. The summed E-state index contributed by atoms with van der Waals surface area (Å²) in [5.41, 5.74) is 2.19. The molecule has 0 aromatic heterocycles. The van der Waals surface area contributed by atoms with Crippen molar-refractivity contribution < 1.29 is 9.90 Å². The molecule has 0 saturated heterocycles. The molecule has 0 spiro atoms. The molecule has 0 aliphatic heterocycles. The molecule has 2 rings (SSSR count). The molecule has 0 saturated carbocycles. The van der Waals surface area contributed by atoms with E-state index >= 15 is 0 Å². The van der Waals surface area contributed by atoms with Crippen LogP contribution in [-0.4, -0.2) is 11.1 Å². The molecule has 20 heavy (non-hydrogen) atoms. The third-order valence-electron chi connectivity index (χ3n) is 2.87. The largest absolute Gasteiger partial charge is 0.479 e. The number of anilines is 1. The van der Waals surface area contributed by atoms with Crippen molar-refractivity contribution in [2.45, 2.75) is 13.0 Å². The van der Waals surface area contributed by atoms with Gasteiger partial charge in [0.15, 0.2) is 6.04 Å². The summed E-state index contributed by atoms with van der Waals surface area (Å²) in [4.78, 5) is 11.5. The highest BCUT2D eigenvalue weighted by molar-refractivity contribution is 6.42. The standard InChI is InChI=1S/C15H13Cl2NO2/c1-9-4-2-5-10(8-9)18-14(15(19)20)11-6-3-7-12(16)13(11)17/h2-8,14,18H,1H3,(H,19,20). The number of carboxylic acid groups (broad SMARTS) is 1. The van der Waals surface area contributed by atoms with Gasteiger partial charge in [0.25, 0.3) is 0 Å². The Hall–Kier alpha value is -1.71. The fourth-order valence-corrected chi connectivity index (χ4v) is 2.33. The van der Waals surface area contributed by atoms with Crippen LogP contribution in [0, 0.1) is 6.92 Å². The Labute approximate surface area is 127 Å². The lowest BCUT2D eigenvalue weighted by Crippen LogP contribution is -2.21. The van der Waals surface area contributed by atoms with Gasteiger partial charge in [-0.2, -0.15) is 0 Å². The second-order valence-corrected chi connectivity index (χ2v) is 5.21. The molecule has 0 radical (unpaired) electrons. The zero-order valence-electron chi connectivity index (χ0n) is 10.7. The average Bonchev–Trinajstić information content (AvgIpc) is 2.39. The first-order valence-electron chi connectivity index (χ1n) is 5.99. The van der Waals surface area contributed by atoms with Crippen molar-refractivity contribution in [3.05, 3.63) is 63.6 Å². The van der Waals surface area contributed by atoms with Crippen molar-refractivity contribution >= 4 is 34.9 Å². The smallest absolute Gasteiger partial charge is 0.330 e. The summed E-state index contributed by atoms with van der Waals surface area (Å²) in [6.07, 6.45) is 0. The first kappa shape index (κ1) is 14.7. The maximum Gasteiger partial charge on any atom is 0.330 e. The van der Waals surface area contributed by atoms with Crippen LogP contribution in [0.2, 0.25) is 10.0 Å². The van der Waals surface area contributed by atoms with Crippen LogP contribution in [0.1, 0.15) is 17.2 Å². The molecule has 5 heteroatoms. The Morgan fingerprint density at radius 3 is 2.55 bits per heavy atom. The Morgan fingerprint density at radius 2 is 1.90 bits per heavy atom. The van der Waals surface area contributed by atoms with Gasteiger partial charge in [0.2, 0.25) is 0 Å². The van der Waals surface area contributed by atoms with Crippen molar-refractivity contribution in [1.29, 1.82) is 0 Å². The van der Waals surface area contributed by atoms with Crippen LogP contribution in [0.5, 0.6) is 0 Å². The van der Waals surface area contributed by atoms with Crippen molar-refractivity contribution in [2.24, 2.45) is 0 Å². The molecule has 3 nitrogen and oxygen atoms in total. The van der Waals surface area contributed by atoms with Gasteiger partial charge in [-0.05, 0) is 30.7 Å². The van der Waals surface area contributed by atoms with E-state index in [1.807, 2.05) is 25.1 Å². The third-order valence-corrected chi connectivity index (χ3v) is 3.70. The minimum absolute atomic E-state index is 0.252. The number of carbonyl (C=O) groups is 1. The fourth-order valence-electron chi connectivity index (χ4n) is 1.92. The lowest BCUT2D eigenvalue weighted by molar-refractivity contribution is -0.138. The van der Waals surface area contributed by atoms with Crippen LogP contribution in [0.4, 0.5) is 5.69 Å². The highest BCUT2D eigenvalue weighted by Crippen LogP contribution is 2.32. The summed E-state index contributed by atoms with van der Waals surface area (Å²) in [6.45, 7) is 1.94. The molecule has 1 unspecified atom stereocenters. The zero-order valence-corrected chi connectivity index (χ0v) is 12.2. The molecular formula is C15H13Cl2NO2. The van der Waals surface area contributed by atoms with Gasteiger partial charge in [0.1, 0.15) is 0 Å². The fraction of sp³-hybridized carbons (Fsp3) is 0.133. The van der Waals surface area contributed by atoms with E-state index in [1.165, 1.54) is 0 Å². The van der Waals surface area contributed by atoms with Crippen molar-refractivity contribution in [2.75, 3.05) is 5.32 Å². The highest BCUT2D eigenvalue weighted by atomic mass is 35.5. The first-order chi connectivity index (χ1) is 9.49. The molecule has 2 aromatic carbocycles. The second kappa shape index (κ2) is 6.16. The van der Waals surface area contributed by atoms with E-state index in [9.17, 15) is 9.90 Å². The summed E-state index contributed by atoms with van der Waals surface area (Å²) in [5.74, 6) is -1.02. The summed E-state index contributed by atoms with van der Waals surface area (Å²) in [5, 5.41) is 13.0. The molecule has 2 aromatic rings. The van der Waals surface area contributed by atoms with Gasteiger partial charge in [-0.3, -0.25) is 0 Å². The first-order valence-corrected chi connectivity index (χ1v) is 6.74. The number of hydrogen-bond donors (Lipinski definition) is 2. The van der Waals surface area contributed by atoms with Gasteiger partial charge in [-0.25, -0.2) is 4.79 Å². The molecule has 1 atom stereocenters. The number of aliphatic carboxylic acids is 1. The van der Waals surface area contributed by atoms with Gasteiger partial charge >= 0.3 is 5.97 Å². The van der Waals surface area contributed by atoms with E-state index in [-0.39, 0.29) is 5.02 Å². The number of rotatable bonds is 4. The van der Waals surface area contributed by atoms with Crippen molar-refractivity contribution in [3.8, 4) is 0 Å². The number of hydrogen-bond acceptors (Lipinski definition) is 2. The number of halogens is 2. The van der Waals surface area contributed by atoms with Gasteiger partial charge in [0.05, 0.1) is 10.0 Å². The lowest BCUT2D eigenvalue weighted by Gasteiger charge is -2.18. The predicted molar refractivity (Wildman–Crippen MR) is 81.6 cm³/mol. The van der Waals surface area contributed by atoms with E-state index in [1.54, 1.807) is 24.3 Å². The minimum atomic E-state index is -1.02. The molecular weight excluding hydrogens is 297 g/mol. The Kier molecular flexibility index (Phi) is 4.53. The van der Waals surface area contributed by atoms with Crippen molar-refractivity contribution in [1.82, 2.24) is 0 Å². The zero-order chi connectivity index (χ0) is 14.7. The van der Waals surface area contributed by atoms with Crippen LogP contribution >= 0.6 is 23.2 Å². The molecule has 0 fully saturated rings. The van der Waals surface area contributed by atoms with Crippen LogP contribution in [0.15, 0.2) is 42.5 Å². The Balaban J connectivity index is 2.37. The van der Waals surface area contributed by atoms with Gasteiger partial charge in [-0.1, -0.05) is 47.5 Å². The number of carboxylic acids is 1. The topological polar surface area (TPSA) is 49.3 Å². The summed E-state index contributed by atoms with van der Waals surface area (Å²) in [6, 6.07) is 11.5. The lowest BCUT2D eigenvalue weighted by atomic mass is 10.1. The van der Waals surface area contributed by atoms with E-state index in [4.69, 9.17) is 23.2 Å². The average molecular weight is 310 g/mol. The van der Waals surface area contributed by atoms with Crippen molar-refractivity contribution in [3.63, 3.8) is 0 Å². The third kappa shape index (κ3) is 3.24. The Bertz CT molecular complexity index is 644. The van der Waals surface area contributed by atoms with Crippen LogP contribution in [0.25, 0.3) is 0 Å². The van der Waals surface area contributed by atoms with E-state index in [2.05, 4.69) is 5.32 Å². The van der Waals surface area contributed by atoms with E-state index in [0.29, 0.717) is 16.3 Å². The summed E-state index contributed by atoms with van der Waals surface area (Å²) >= 11 is 12.0. The molecule has 0 bridgehead atoms. The van der Waals surface area contributed by atoms with E-state index in [0.717, 1.165) is 5.56 Å². The van der Waals surface area contributed by atoms with Crippen LogP contribution in [-0.2, 0) is 4.79 Å². The molecule has 104 valence electrons. The van der Waals surface area contributed by atoms with Crippen LogP contribution < -0.4 is 5.32 Å². The maximum absolute atomic E-state index is 11.5. The predicted octanol–water partition coefficient (Wildman–Crippen LogP) is 4.54. The maximum atomic E-state index is 11.5. The molecule has 0 aliphatic carbocycles. The number of nitrogens with one attached hydrogen (secondary N) is 1. The Morgan fingerprint density at radius 1 is 1.20 bits per heavy atom. The molecule has 0 heterocycles. The SMILES string of the molecule is Cc1cccc(NC(C(=O)O)c2cccc(Cl)c2Cl)c1. The molecule has 2 N–H and O–H groups in total. The van der Waals surface area contributed by atoms with Gasteiger partial charge in [0, 0.05) is 11.3 Å². The highest BCUT2D eigenvalue weighted by Gasteiger charge is 2.23. The quantitative estimate of drug-likeness (QED) is 0.871. The van der Waals surface area contributed by atoms with Gasteiger partial charge in [-0.15, -0.1) is 0 Å². The minimum Gasteiger partial charge on any atom is -0.479 e. The monoisotopic (exact) mass is 309 g/mol. The number of benzene rings is 2. The summed E-state index contributed by atoms with van der Waals surface area (Å²) < 4.78 is 0. The van der Waals surface area contributed by atoms with Crippen LogP contribution in [0.3, 0.4) is 0 Å². The van der Waals surface area contributed by atoms with Gasteiger partial charge < -0.3 is 10.4 Å². The molecule has 0 aliphatic rings. The van der Waals surface area contributed by atoms with E-state index < -0.39 is 12.0 Å². The number of aryl methyl sites for hydroxylation is 1.